The Labute approximate surface area is 89.7 Å². The number of rotatable bonds is 4. The fraction of sp³-hybridized carbons (Fsp3) is 0.556. The molecular formula is C9H18N6. The lowest BCUT2D eigenvalue weighted by molar-refractivity contribution is 0.846. The molecule has 0 saturated carbocycles. The number of hydrogen-bond acceptors (Lipinski definition) is 6. The Morgan fingerprint density at radius 2 is 1.80 bits per heavy atom. The highest BCUT2D eigenvalue weighted by Gasteiger charge is 2.13. The van der Waals surface area contributed by atoms with E-state index in [-0.39, 0.29) is 5.95 Å². The van der Waals surface area contributed by atoms with Crippen molar-refractivity contribution in [3.8, 4) is 0 Å². The van der Waals surface area contributed by atoms with Crippen LogP contribution in [0.3, 0.4) is 0 Å². The Balaban J connectivity index is 3.21. The van der Waals surface area contributed by atoms with Crippen LogP contribution in [0, 0.1) is 0 Å². The van der Waals surface area contributed by atoms with Crippen molar-refractivity contribution in [3.05, 3.63) is 0 Å². The molecule has 0 amide bonds. The van der Waals surface area contributed by atoms with Crippen molar-refractivity contribution < 1.29 is 0 Å². The van der Waals surface area contributed by atoms with Gasteiger partial charge in [0.1, 0.15) is 5.69 Å². The molecule has 0 aromatic carbocycles. The molecule has 5 N–H and O–H groups in total. The fourth-order valence-electron chi connectivity index (χ4n) is 1.43. The van der Waals surface area contributed by atoms with E-state index in [0.29, 0.717) is 17.3 Å². The van der Waals surface area contributed by atoms with Crippen molar-refractivity contribution >= 4 is 23.3 Å². The Hall–Kier alpha value is -1.72. The molecule has 0 spiro atoms. The van der Waals surface area contributed by atoms with E-state index < -0.39 is 0 Å². The van der Waals surface area contributed by atoms with Crippen LogP contribution in [0.15, 0.2) is 0 Å². The summed E-state index contributed by atoms with van der Waals surface area (Å²) < 4.78 is 0. The van der Waals surface area contributed by atoms with Gasteiger partial charge in [-0.15, -0.1) is 0 Å². The average Bonchev–Trinajstić information content (AvgIpc) is 2.24. The standard InChI is InChI=1S/C9H18N6/c1-4-15(5-2)8-6(10)7(12-3)13-9(11)14-8/h4-5,10H2,1-3H3,(H3,11,12,13,14). The number of hydrogen-bond donors (Lipinski definition) is 3. The Morgan fingerprint density at radius 1 is 1.20 bits per heavy atom. The minimum atomic E-state index is 0.232. The summed E-state index contributed by atoms with van der Waals surface area (Å²) >= 11 is 0. The summed E-state index contributed by atoms with van der Waals surface area (Å²) in [5.41, 5.74) is 12.1. The lowest BCUT2D eigenvalue weighted by Gasteiger charge is -2.22. The highest BCUT2D eigenvalue weighted by Crippen LogP contribution is 2.27. The zero-order chi connectivity index (χ0) is 11.4. The van der Waals surface area contributed by atoms with Crippen LogP contribution in [-0.4, -0.2) is 30.1 Å². The minimum Gasteiger partial charge on any atom is -0.393 e. The van der Waals surface area contributed by atoms with Gasteiger partial charge in [0, 0.05) is 20.1 Å². The molecule has 0 fully saturated rings. The summed E-state index contributed by atoms with van der Waals surface area (Å²) in [6.45, 7) is 5.75. The van der Waals surface area contributed by atoms with Crippen molar-refractivity contribution in [2.45, 2.75) is 13.8 Å². The first kappa shape index (κ1) is 11.4. The molecule has 0 unspecified atom stereocenters. The molecule has 0 atom stereocenters. The van der Waals surface area contributed by atoms with Crippen molar-refractivity contribution in [3.63, 3.8) is 0 Å². The monoisotopic (exact) mass is 210 g/mol. The van der Waals surface area contributed by atoms with Gasteiger partial charge >= 0.3 is 0 Å². The van der Waals surface area contributed by atoms with E-state index in [1.54, 1.807) is 7.05 Å². The van der Waals surface area contributed by atoms with Crippen LogP contribution in [0.25, 0.3) is 0 Å². The van der Waals surface area contributed by atoms with Gasteiger partial charge < -0.3 is 21.7 Å². The van der Waals surface area contributed by atoms with Crippen molar-refractivity contribution in [1.82, 2.24) is 9.97 Å². The van der Waals surface area contributed by atoms with Crippen LogP contribution in [-0.2, 0) is 0 Å². The summed E-state index contributed by atoms with van der Waals surface area (Å²) in [6.07, 6.45) is 0. The second-order valence-corrected chi connectivity index (χ2v) is 3.09. The first-order valence-corrected chi connectivity index (χ1v) is 4.99. The summed E-state index contributed by atoms with van der Waals surface area (Å²) in [7, 11) is 1.75. The third-order valence-electron chi connectivity index (χ3n) is 2.24. The topological polar surface area (TPSA) is 93.1 Å². The first-order valence-electron chi connectivity index (χ1n) is 4.99. The minimum absolute atomic E-state index is 0.232. The third-order valence-corrected chi connectivity index (χ3v) is 2.24. The van der Waals surface area contributed by atoms with Gasteiger partial charge in [0.15, 0.2) is 11.6 Å². The van der Waals surface area contributed by atoms with Crippen LogP contribution in [0.2, 0.25) is 0 Å². The van der Waals surface area contributed by atoms with Gasteiger partial charge in [-0.25, -0.2) is 0 Å². The molecule has 1 aromatic rings. The molecule has 84 valence electrons. The molecule has 0 bridgehead atoms. The van der Waals surface area contributed by atoms with E-state index in [0.717, 1.165) is 13.1 Å². The van der Waals surface area contributed by atoms with Gasteiger partial charge in [-0.3, -0.25) is 0 Å². The molecule has 1 heterocycles. The van der Waals surface area contributed by atoms with Crippen LogP contribution >= 0.6 is 0 Å². The number of nitrogens with zero attached hydrogens (tertiary/aromatic N) is 3. The maximum atomic E-state index is 5.93. The van der Waals surface area contributed by atoms with Crippen LogP contribution in [0.1, 0.15) is 13.8 Å². The van der Waals surface area contributed by atoms with Crippen molar-refractivity contribution in [1.29, 1.82) is 0 Å². The molecule has 0 aliphatic heterocycles. The van der Waals surface area contributed by atoms with E-state index in [4.69, 9.17) is 11.5 Å². The molecule has 1 aromatic heterocycles. The fourth-order valence-corrected chi connectivity index (χ4v) is 1.43. The molecule has 1 rings (SSSR count). The van der Waals surface area contributed by atoms with Crippen LogP contribution in [0.4, 0.5) is 23.3 Å². The molecule has 0 saturated heterocycles. The highest BCUT2D eigenvalue weighted by atomic mass is 15.2. The molecular weight excluding hydrogens is 192 g/mol. The second kappa shape index (κ2) is 4.68. The van der Waals surface area contributed by atoms with Gasteiger partial charge in [-0.1, -0.05) is 0 Å². The molecule has 6 nitrogen and oxygen atoms in total. The van der Waals surface area contributed by atoms with Crippen molar-refractivity contribution in [2.75, 3.05) is 41.8 Å². The highest BCUT2D eigenvalue weighted by molar-refractivity contribution is 5.76. The number of nitrogen functional groups attached to an aromatic ring is 2. The average molecular weight is 210 g/mol. The van der Waals surface area contributed by atoms with Gasteiger partial charge in [-0.2, -0.15) is 9.97 Å². The van der Waals surface area contributed by atoms with E-state index in [1.807, 2.05) is 18.7 Å². The molecule has 6 heteroatoms. The lowest BCUT2D eigenvalue weighted by atomic mass is 10.3. The quantitative estimate of drug-likeness (QED) is 0.671. The van der Waals surface area contributed by atoms with Crippen molar-refractivity contribution in [2.24, 2.45) is 0 Å². The maximum Gasteiger partial charge on any atom is 0.224 e. The van der Waals surface area contributed by atoms with E-state index in [2.05, 4.69) is 15.3 Å². The zero-order valence-electron chi connectivity index (χ0n) is 9.41. The molecule has 0 aliphatic carbocycles. The molecule has 15 heavy (non-hydrogen) atoms. The summed E-state index contributed by atoms with van der Waals surface area (Å²) in [4.78, 5) is 10.2. The maximum absolute atomic E-state index is 5.93. The number of nitrogens with one attached hydrogen (secondary N) is 1. The number of nitrogens with two attached hydrogens (primary N) is 2. The predicted molar refractivity (Wildman–Crippen MR) is 64.0 cm³/mol. The predicted octanol–water partition coefficient (Wildman–Crippen LogP) is 0.529. The van der Waals surface area contributed by atoms with E-state index in [9.17, 15) is 0 Å². The van der Waals surface area contributed by atoms with Gasteiger partial charge in [-0.05, 0) is 13.8 Å². The summed E-state index contributed by atoms with van der Waals surface area (Å²) in [6, 6.07) is 0. The Kier molecular flexibility index (Phi) is 3.54. The zero-order valence-corrected chi connectivity index (χ0v) is 9.41. The Bertz CT molecular complexity index is 334. The summed E-state index contributed by atoms with van der Waals surface area (Å²) in [5, 5.41) is 2.90. The lowest BCUT2D eigenvalue weighted by Crippen LogP contribution is -2.25. The normalized spacial score (nSPS) is 10.1. The van der Waals surface area contributed by atoms with Gasteiger partial charge in [0.25, 0.3) is 0 Å². The third kappa shape index (κ3) is 2.20. The van der Waals surface area contributed by atoms with E-state index in [1.165, 1.54) is 0 Å². The second-order valence-electron chi connectivity index (χ2n) is 3.09. The summed E-state index contributed by atoms with van der Waals surface area (Å²) in [5.74, 6) is 1.50. The van der Waals surface area contributed by atoms with E-state index >= 15 is 0 Å². The largest absolute Gasteiger partial charge is 0.393 e. The van der Waals surface area contributed by atoms with Gasteiger partial charge in [0.05, 0.1) is 0 Å². The number of aromatic nitrogens is 2. The SMILES string of the molecule is CCN(CC)c1nc(N)nc(NC)c1N. The van der Waals surface area contributed by atoms with Gasteiger partial charge in [0.2, 0.25) is 5.95 Å². The number of anilines is 4. The molecule has 0 aliphatic rings. The van der Waals surface area contributed by atoms with Crippen LogP contribution in [0.5, 0.6) is 0 Å². The smallest absolute Gasteiger partial charge is 0.224 e. The Morgan fingerprint density at radius 3 is 2.27 bits per heavy atom. The first-order chi connectivity index (χ1) is 7.13. The van der Waals surface area contributed by atoms with Crippen LogP contribution < -0.4 is 21.7 Å². The molecule has 0 radical (unpaired) electrons.